The Hall–Kier alpha value is -2.29. The zero-order valence-electron chi connectivity index (χ0n) is 10.7. The number of rotatable bonds is 1. The Morgan fingerprint density at radius 3 is 2.89 bits per heavy atom. The molecule has 1 aromatic heterocycles. The number of aromatic nitrogens is 2. The first-order chi connectivity index (χ1) is 9.31. The van der Waals surface area contributed by atoms with Gasteiger partial charge in [-0.3, -0.25) is 0 Å². The van der Waals surface area contributed by atoms with E-state index in [4.69, 9.17) is 9.72 Å². The van der Waals surface area contributed by atoms with Crippen molar-refractivity contribution >= 4 is 11.0 Å². The molecule has 0 radical (unpaired) electrons. The maximum absolute atomic E-state index is 5.97. The predicted molar refractivity (Wildman–Crippen MR) is 74.3 cm³/mol. The predicted octanol–water partition coefficient (Wildman–Crippen LogP) is 3.55. The number of hydrogen-bond donors (Lipinski definition) is 1. The smallest absolute Gasteiger partial charge is 0.160 e. The molecular formula is C16H14N2O. The number of aryl methyl sites for hydroxylation is 1. The van der Waals surface area contributed by atoms with Crippen LogP contribution in [0.15, 0.2) is 42.5 Å². The third-order valence-corrected chi connectivity index (χ3v) is 3.68. The van der Waals surface area contributed by atoms with Gasteiger partial charge >= 0.3 is 0 Å². The van der Waals surface area contributed by atoms with Crippen LogP contribution < -0.4 is 4.74 Å². The Labute approximate surface area is 111 Å². The molecule has 1 N–H and O–H groups in total. The number of nitrogens with one attached hydrogen (secondary N) is 1. The Morgan fingerprint density at radius 1 is 1.16 bits per heavy atom. The van der Waals surface area contributed by atoms with E-state index in [0.29, 0.717) is 0 Å². The minimum atomic E-state index is 0.00389. The van der Waals surface area contributed by atoms with E-state index in [0.717, 1.165) is 29.0 Å². The van der Waals surface area contributed by atoms with Crippen LogP contribution in [0.25, 0.3) is 11.0 Å². The zero-order chi connectivity index (χ0) is 12.8. The molecular weight excluding hydrogens is 236 g/mol. The fraction of sp³-hybridized carbons (Fsp3) is 0.188. The third-order valence-electron chi connectivity index (χ3n) is 3.68. The average Bonchev–Trinajstić information content (AvgIpc) is 3.02. The van der Waals surface area contributed by atoms with Crippen LogP contribution in [0.1, 0.15) is 23.1 Å². The number of imidazole rings is 1. The van der Waals surface area contributed by atoms with Gasteiger partial charge in [0.1, 0.15) is 11.6 Å². The maximum Gasteiger partial charge on any atom is 0.160 e. The molecule has 0 saturated heterocycles. The molecule has 1 atom stereocenters. The van der Waals surface area contributed by atoms with Crippen LogP contribution in [0.5, 0.6) is 5.75 Å². The van der Waals surface area contributed by atoms with E-state index in [9.17, 15) is 0 Å². The Balaban J connectivity index is 1.75. The molecule has 0 bridgehead atoms. The highest BCUT2D eigenvalue weighted by atomic mass is 16.5. The summed E-state index contributed by atoms with van der Waals surface area (Å²) in [5.74, 6) is 1.89. The van der Waals surface area contributed by atoms with E-state index in [-0.39, 0.29) is 6.10 Å². The lowest BCUT2D eigenvalue weighted by molar-refractivity contribution is 0.229. The van der Waals surface area contributed by atoms with Gasteiger partial charge in [-0.15, -0.1) is 0 Å². The second kappa shape index (κ2) is 3.85. The first kappa shape index (κ1) is 10.6. The van der Waals surface area contributed by atoms with Crippen molar-refractivity contribution in [3.8, 4) is 5.75 Å². The summed E-state index contributed by atoms with van der Waals surface area (Å²) in [6.07, 6.45) is 0.888. The van der Waals surface area contributed by atoms with Gasteiger partial charge in [-0.1, -0.05) is 30.3 Å². The van der Waals surface area contributed by atoms with Crippen LogP contribution in [0.4, 0.5) is 0 Å². The first-order valence-corrected chi connectivity index (χ1v) is 6.51. The molecule has 4 rings (SSSR count). The maximum atomic E-state index is 5.97. The van der Waals surface area contributed by atoms with E-state index in [2.05, 4.69) is 30.1 Å². The van der Waals surface area contributed by atoms with Gasteiger partial charge in [-0.05, 0) is 30.2 Å². The van der Waals surface area contributed by atoms with Crippen molar-refractivity contribution in [1.29, 1.82) is 0 Å². The molecule has 0 spiro atoms. The van der Waals surface area contributed by atoms with E-state index >= 15 is 0 Å². The van der Waals surface area contributed by atoms with Gasteiger partial charge in [-0.25, -0.2) is 4.98 Å². The van der Waals surface area contributed by atoms with Crippen molar-refractivity contribution in [2.75, 3.05) is 0 Å². The topological polar surface area (TPSA) is 37.9 Å². The summed E-state index contributed by atoms with van der Waals surface area (Å²) in [5, 5.41) is 0. The highest BCUT2D eigenvalue weighted by molar-refractivity contribution is 5.78. The second-order valence-electron chi connectivity index (χ2n) is 5.01. The summed E-state index contributed by atoms with van der Waals surface area (Å²) in [7, 11) is 0. The van der Waals surface area contributed by atoms with Crippen LogP contribution >= 0.6 is 0 Å². The monoisotopic (exact) mass is 250 g/mol. The first-order valence-electron chi connectivity index (χ1n) is 6.51. The largest absolute Gasteiger partial charge is 0.482 e. The molecule has 1 aliphatic rings. The number of ether oxygens (including phenoxy) is 1. The third kappa shape index (κ3) is 1.62. The molecule has 0 fully saturated rings. The number of nitrogens with zero attached hydrogens (tertiary/aromatic N) is 1. The van der Waals surface area contributed by atoms with E-state index < -0.39 is 0 Å². The molecule has 1 aliphatic heterocycles. The van der Waals surface area contributed by atoms with Crippen LogP contribution in [0.2, 0.25) is 0 Å². The summed E-state index contributed by atoms with van der Waals surface area (Å²) >= 11 is 0. The molecule has 94 valence electrons. The Bertz CT molecular complexity index is 735. The molecule has 0 aliphatic carbocycles. The normalized spacial score (nSPS) is 17.4. The van der Waals surface area contributed by atoms with Crippen molar-refractivity contribution in [1.82, 2.24) is 9.97 Å². The van der Waals surface area contributed by atoms with Crippen molar-refractivity contribution in [2.45, 2.75) is 19.4 Å². The summed E-state index contributed by atoms with van der Waals surface area (Å²) in [4.78, 5) is 8.07. The summed E-state index contributed by atoms with van der Waals surface area (Å²) < 4.78 is 5.97. The fourth-order valence-electron chi connectivity index (χ4n) is 2.68. The zero-order valence-corrected chi connectivity index (χ0v) is 10.7. The molecule has 1 unspecified atom stereocenters. The van der Waals surface area contributed by atoms with Gasteiger partial charge in [-0.2, -0.15) is 0 Å². The Morgan fingerprint density at radius 2 is 2.05 bits per heavy atom. The lowest BCUT2D eigenvalue weighted by atomic mass is 10.1. The minimum absolute atomic E-state index is 0.00389. The molecule has 19 heavy (non-hydrogen) atoms. The lowest BCUT2D eigenvalue weighted by Gasteiger charge is -2.06. The molecule has 0 saturated carbocycles. The highest BCUT2D eigenvalue weighted by Crippen LogP contribution is 2.35. The van der Waals surface area contributed by atoms with Crippen LogP contribution in [-0.2, 0) is 6.42 Å². The van der Waals surface area contributed by atoms with Gasteiger partial charge in [0.2, 0.25) is 0 Å². The number of para-hydroxylation sites is 2. The Kier molecular flexibility index (Phi) is 2.15. The highest BCUT2D eigenvalue weighted by Gasteiger charge is 2.26. The number of H-pyrrole nitrogens is 1. The van der Waals surface area contributed by atoms with Crippen LogP contribution in [0.3, 0.4) is 0 Å². The van der Waals surface area contributed by atoms with Crippen LogP contribution in [-0.4, -0.2) is 9.97 Å². The molecule has 0 amide bonds. The average molecular weight is 250 g/mol. The number of fused-ring (bicyclic) bond motifs is 2. The van der Waals surface area contributed by atoms with Gasteiger partial charge in [0, 0.05) is 6.42 Å². The minimum Gasteiger partial charge on any atom is -0.482 e. The number of benzene rings is 2. The van der Waals surface area contributed by atoms with Crippen molar-refractivity contribution in [3.63, 3.8) is 0 Å². The second-order valence-corrected chi connectivity index (χ2v) is 5.01. The lowest BCUT2D eigenvalue weighted by Crippen LogP contribution is -2.05. The van der Waals surface area contributed by atoms with Gasteiger partial charge < -0.3 is 9.72 Å². The summed E-state index contributed by atoms with van der Waals surface area (Å²) in [6.45, 7) is 2.08. The van der Waals surface area contributed by atoms with E-state index in [1.165, 1.54) is 11.1 Å². The van der Waals surface area contributed by atoms with Crippen LogP contribution in [0, 0.1) is 6.92 Å². The molecule has 3 heteroatoms. The standard InChI is InChI=1S/C16H14N2O/c1-10-5-4-7-12-15(10)18-16(17-12)14-9-11-6-2-3-8-13(11)19-14/h2-8,14H,9H2,1H3,(H,17,18). The number of hydrogen-bond acceptors (Lipinski definition) is 2. The van der Waals surface area contributed by atoms with Gasteiger partial charge in [0.15, 0.2) is 6.10 Å². The van der Waals surface area contributed by atoms with Crippen molar-refractivity contribution < 1.29 is 4.74 Å². The summed E-state index contributed by atoms with van der Waals surface area (Å²) in [5.41, 5.74) is 4.56. The quantitative estimate of drug-likeness (QED) is 0.717. The SMILES string of the molecule is Cc1cccc2[nH]c(C3Cc4ccccc4O3)nc12. The van der Waals surface area contributed by atoms with Crippen molar-refractivity contribution in [2.24, 2.45) is 0 Å². The molecule has 3 aromatic rings. The van der Waals surface area contributed by atoms with E-state index in [1.807, 2.05) is 24.3 Å². The number of aromatic amines is 1. The van der Waals surface area contributed by atoms with Crippen molar-refractivity contribution in [3.05, 3.63) is 59.4 Å². The van der Waals surface area contributed by atoms with Gasteiger partial charge in [0.05, 0.1) is 11.0 Å². The molecule has 2 heterocycles. The fourth-order valence-corrected chi connectivity index (χ4v) is 2.68. The van der Waals surface area contributed by atoms with Gasteiger partial charge in [0.25, 0.3) is 0 Å². The molecule has 3 nitrogen and oxygen atoms in total. The van der Waals surface area contributed by atoms with E-state index in [1.54, 1.807) is 0 Å². The molecule has 2 aromatic carbocycles. The summed E-state index contributed by atoms with van der Waals surface area (Å²) in [6, 6.07) is 14.4.